The lowest BCUT2D eigenvalue weighted by Gasteiger charge is -2.30. The first kappa shape index (κ1) is 23.5. The first-order valence-electron chi connectivity index (χ1n) is 11.2. The number of hydrogen-bond acceptors (Lipinski definition) is 7. The minimum atomic E-state index is -3.41. The van der Waals surface area contributed by atoms with Crippen molar-refractivity contribution < 1.29 is 22.7 Å². The van der Waals surface area contributed by atoms with Gasteiger partial charge in [-0.3, -0.25) is 14.5 Å². The number of sulfone groups is 1. The monoisotopic (exact) mass is 505 g/mol. The summed E-state index contributed by atoms with van der Waals surface area (Å²) in [5, 5.41) is 2.50. The number of fused-ring (bicyclic) bond motifs is 2. The van der Waals surface area contributed by atoms with E-state index in [-0.39, 0.29) is 10.8 Å². The molecule has 1 N–H and O–H groups in total. The summed E-state index contributed by atoms with van der Waals surface area (Å²) in [6.07, 6.45) is 7.10. The van der Waals surface area contributed by atoms with Crippen LogP contribution in [0, 0.1) is 0 Å². The van der Waals surface area contributed by atoms with E-state index in [2.05, 4.69) is 20.0 Å². The quantitative estimate of drug-likeness (QED) is 0.450. The predicted octanol–water partition coefficient (Wildman–Crippen LogP) is 3.57. The Balaban J connectivity index is 1.49. The van der Waals surface area contributed by atoms with Crippen molar-refractivity contribution in [1.82, 2.24) is 14.4 Å². The number of methoxy groups -OCH3 is 1. The SMILES string of the molecule is COC(=O)Nc1ccc(-c2cnc3ccc(C(=O)N4CCCc5ccc(S(C)(=O)=O)cc54)cn23)cn1. The minimum absolute atomic E-state index is 0.186. The van der Waals surface area contributed by atoms with Crippen LogP contribution in [0.1, 0.15) is 22.3 Å². The first-order chi connectivity index (χ1) is 17.2. The molecule has 0 saturated carbocycles. The number of aryl methyl sites for hydroxylation is 1. The van der Waals surface area contributed by atoms with Crippen LogP contribution in [0.2, 0.25) is 0 Å². The number of carbonyl (C=O) groups excluding carboxylic acids is 2. The van der Waals surface area contributed by atoms with Crippen LogP contribution < -0.4 is 10.2 Å². The molecule has 0 aliphatic carbocycles. The van der Waals surface area contributed by atoms with Gasteiger partial charge in [0.1, 0.15) is 11.5 Å². The van der Waals surface area contributed by atoms with E-state index in [1.54, 1.807) is 70.4 Å². The van der Waals surface area contributed by atoms with Gasteiger partial charge in [-0.1, -0.05) is 6.07 Å². The molecule has 36 heavy (non-hydrogen) atoms. The number of nitrogens with zero attached hydrogens (tertiary/aromatic N) is 4. The molecule has 0 atom stereocenters. The van der Waals surface area contributed by atoms with Crippen molar-refractivity contribution in [1.29, 1.82) is 0 Å². The fraction of sp³-hybridized carbons (Fsp3) is 0.200. The molecule has 2 amide bonds. The standard InChI is InChI=1S/C25H23N5O5S/c1-35-25(32)28-22-9-6-17(13-26-22)21-14-27-23-10-7-18(15-30(21)23)24(31)29-11-3-4-16-5-8-19(12-20(16)29)36(2,33)34/h5-10,12-15H,3-4,11H2,1-2H3,(H,26,28,32). The second kappa shape index (κ2) is 9.08. The molecule has 0 spiro atoms. The van der Waals surface area contributed by atoms with Crippen LogP contribution in [0.5, 0.6) is 0 Å². The van der Waals surface area contributed by atoms with Crippen LogP contribution in [-0.4, -0.2) is 54.7 Å². The summed E-state index contributed by atoms with van der Waals surface area (Å²) in [5.41, 5.74) is 4.11. The molecule has 0 bridgehead atoms. The van der Waals surface area contributed by atoms with Gasteiger partial charge in [0.05, 0.1) is 29.5 Å². The van der Waals surface area contributed by atoms with Gasteiger partial charge in [0.2, 0.25) is 0 Å². The predicted molar refractivity (Wildman–Crippen MR) is 134 cm³/mol. The Kier molecular flexibility index (Phi) is 5.92. The number of aromatic nitrogens is 3. The summed E-state index contributed by atoms with van der Waals surface area (Å²) in [6.45, 7) is 0.493. The van der Waals surface area contributed by atoms with Crippen LogP contribution in [0.3, 0.4) is 0 Å². The lowest BCUT2D eigenvalue weighted by atomic mass is 10.0. The summed E-state index contributed by atoms with van der Waals surface area (Å²) >= 11 is 0. The molecular formula is C25H23N5O5S. The van der Waals surface area contributed by atoms with Crippen LogP contribution in [0.15, 0.2) is 66.0 Å². The normalized spacial score (nSPS) is 13.3. The van der Waals surface area contributed by atoms with Crippen molar-refractivity contribution in [3.8, 4) is 11.3 Å². The highest BCUT2D eigenvalue weighted by molar-refractivity contribution is 7.90. The molecule has 4 aromatic rings. The third-order valence-corrected chi connectivity index (χ3v) is 7.19. The molecule has 1 aromatic carbocycles. The highest BCUT2D eigenvalue weighted by atomic mass is 32.2. The zero-order chi connectivity index (χ0) is 25.4. The van der Waals surface area contributed by atoms with Gasteiger partial charge < -0.3 is 9.64 Å². The van der Waals surface area contributed by atoms with Crippen molar-refractivity contribution in [2.45, 2.75) is 17.7 Å². The molecule has 0 unspecified atom stereocenters. The number of anilines is 2. The number of imidazole rings is 1. The third kappa shape index (κ3) is 4.40. The average Bonchev–Trinajstić information content (AvgIpc) is 3.30. The van der Waals surface area contributed by atoms with Crippen molar-refractivity contribution in [2.75, 3.05) is 30.1 Å². The first-order valence-corrected chi connectivity index (χ1v) is 13.1. The van der Waals surface area contributed by atoms with E-state index in [1.165, 1.54) is 7.11 Å². The maximum absolute atomic E-state index is 13.6. The van der Waals surface area contributed by atoms with Gasteiger partial charge in [-0.2, -0.15) is 0 Å². The van der Waals surface area contributed by atoms with Gasteiger partial charge in [0.25, 0.3) is 5.91 Å². The Morgan fingerprint density at radius 1 is 1.06 bits per heavy atom. The van der Waals surface area contributed by atoms with Gasteiger partial charge in [-0.15, -0.1) is 0 Å². The van der Waals surface area contributed by atoms with Gasteiger partial charge in [-0.05, 0) is 54.8 Å². The summed E-state index contributed by atoms with van der Waals surface area (Å²) in [5.74, 6) is 0.117. The number of hydrogen-bond donors (Lipinski definition) is 1. The van der Waals surface area contributed by atoms with E-state index in [4.69, 9.17) is 0 Å². The highest BCUT2D eigenvalue weighted by Crippen LogP contribution is 2.31. The fourth-order valence-corrected chi connectivity index (χ4v) is 4.89. The van der Waals surface area contributed by atoms with Crippen molar-refractivity contribution in [2.24, 2.45) is 0 Å². The van der Waals surface area contributed by atoms with Crippen LogP contribution in [0.4, 0.5) is 16.3 Å². The zero-order valence-corrected chi connectivity index (χ0v) is 20.4. The lowest BCUT2D eigenvalue weighted by molar-refractivity contribution is 0.0984. The molecular weight excluding hydrogens is 482 g/mol. The zero-order valence-electron chi connectivity index (χ0n) is 19.6. The van der Waals surface area contributed by atoms with E-state index in [0.717, 1.165) is 35.9 Å². The highest BCUT2D eigenvalue weighted by Gasteiger charge is 2.26. The second-order valence-corrected chi connectivity index (χ2v) is 10.5. The number of nitrogens with one attached hydrogen (secondary N) is 1. The van der Waals surface area contributed by atoms with Gasteiger partial charge in [0, 0.05) is 36.4 Å². The molecule has 10 nitrogen and oxygen atoms in total. The Morgan fingerprint density at radius 2 is 1.89 bits per heavy atom. The Labute approximate surface area is 207 Å². The Hall–Kier alpha value is -4.25. The molecule has 5 rings (SSSR count). The maximum Gasteiger partial charge on any atom is 0.412 e. The van der Waals surface area contributed by atoms with E-state index < -0.39 is 15.9 Å². The lowest BCUT2D eigenvalue weighted by Crippen LogP contribution is -2.35. The number of amides is 2. The van der Waals surface area contributed by atoms with Crippen molar-refractivity contribution in [3.63, 3.8) is 0 Å². The number of rotatable bonds is 4. The van der Waals surface area contributed by atoms with Gasteiger partial charge >= 0.3 is 6.09 Å². The number of pyridine rings is 2. The topological polar surface area (TPSA) is 123 Å². The molecule has 184 valence electrons. The van der Waals surface area contributed by atoms with Crippen LogP contribution in [0.25, 0.3) is 16.9 Å². The van der Waals surface area contributed by atoms with Crippen molar-refractivity contribution >= 4 is 39.0 Å². The molecule has 4 heterocycles. The van der Waals surface area contributed by atoms with E-state index in [1.807, 2.05) is 0 Å². The number of carbonyl (C=O) groups is 2. The van der Waals surface area contributed by atoms with Gasteiger partial charge in [-0.25, -0.2) is 23.2 Å². The summed E-state index contributed by atoms with van der Waals surface area (Å²) < 4.78 is 30.6. The van der Waals surface area contributed by atoms with Crippen LogP contribution >= 0.6 is 0 Å². The fourth-order valence-electron chi connectivity index (χ4n) is 4.25. The molecule has 0 saturated heterocycles. The summed E-state index contributed by atoms with van der Waals surface area (Å²) in [7, 11) is -2.13. The van der Waals surface area contributed by atoms with Crippen LogP contribution in [-0.2, 0) is 21.0 Å². The molecule has 0 fully saturated rings. The molecule has 0 radical (unpaired) electrons. The molecule has 11 heteroatoms. The number of benzene rings is 1. The molecule has 1 aliphatic heterocycles. The maximum atomic E-state index is 13.6. The van der Waals surface area contributed by atoms with Crippen molar-refractivity contribution in [3.05, 3.63) is 72.2 Å². The summed E-state index contributed by atoms with van der Waals surface area (Å²) in [6, 6.07) is 11.9. The Morgan fingerprint density at radius 3 is 2.61 bits per heavy atom. The smallest absolute Gasteiger partial charge is 0.412 e. The minimum Gasteiger partial charge on any atom is -0.453 e. The second-order valence-electron chi connectivity index (χ2n) is 8.46. The Bertz CT molecular complexity index is 1600. The van der Waals surface area contributed by atoms with E-state index in [9.17, 15) is 18.0 Å². The molecule has 1 aliphatic rings. The van der Waals surface area contributed by atoms with E-state index in [0.29, 0.717) is 29.3 Å². The van der Waals surface area contributed by atoms with E-state index >= 15 is 0 Å². The number of ether oxygens (including phenoxy) is 1. The largest absolute Gasteiger partial charge is 0.453 e. The third-order valence-electron chi connectivity index (χ3n) is 6.08. The summed E-state index contributed by atoms with van der Waals surface area (Å²) in [4.78, 5) is 35.5. The average molecular weight is 506 g/mol. The van der Waals surface area contributed by atoms with Gasteiger partial charge in [0.15, 0.2) is 9.84 Å². The molecule has 3 aromatic heterocycles.